The van der Waals surface area contributed by atoms with Crippen molar-refractivity contribution >= 4 is 16.0 Å². The molecule has 0 aliphatic heterocycles. The number of rotatable bonds is 7. The van der Waals surface area contributed by atoms with Gasteiger partial charge in [0.25, 0.3) is 0 Å². The summed E-state index contributed by atoms with van der Waals surface area (Å²) in [5.41, 5.74) is 0. The van der Waals surface area contributed by atoms with Crippen LogP contribution in [0, 0.1) is 5.92 Å². The normalized spacial score (nSPS) is 13.9. The summed E-state index contributed by atoms with van der Waals surface area (Å²) in [4.78, 5) is 10.1. The third-order valence-corrected chi connectivity index (χ3v) is 4.17. The first-order chi connectivity index (χ1) is 9.63. The van der Waals surface area contributed by atoms with Crippen LogP contribution in [0.1, 0.15) is 12.8 Å². The van der Waals surface area contributed by atoms with Crippen molar-refractivity contribution < 1.29 is 31.5 Å². The van der Waals surface area contributed by atoms with Gasteiger partial charge in [0.15, 0.2) is 0 Å². The molecule has 0 aromatic heterocycles. The number of carboxylic acids is 1. The molecule has 1 rings (SSSR count). The lowest BCUT2D eigenvalue weighted by molar-refractivity contribution is -0.306. The zero-order valence-electron chi connectivity index (χ0n) is 10.8. The van der Waals surface area contributed by atoms with Crippen LogP contribution in [0.3, 0.4) is 0 Å². The number of hydrogen-bond acceptors (Lipinski definition) is 4. The zero-order valence-corrected chi connectivity index (χ0v) is 11.6. The minimum Gasteiger partial charge on any atom is -0.550 e. The number of carboxylic acid groups (broad SMARTS) is 1. The fraction of sp³-hybridized carbons (Fsp3) is 0.417. The van der Waals surface area contributed by atoms with Crippen LogP contribution in [0.4, 0.5) is 13.2 Å². The van der Waals surface area contributed by atoms with Crippen LogP contribution in [0.15, 0.2) is 35.2 Å². The molecule has 0 aliphatic rings. The topological polar surface area (TPSA) is 86.3 Å². The molecule has 0 saturated heterocycles. The fourth-order valence-corrected chi connectivity index (χ4v) is 2.67. The molecule has 21 heavy (non-hydrogen) atoms. The number of alkyl halides is 3. The third-order valence-electron chi connectivity index (χ3n) is 2.73. The molecule has 5 nitrogen and oxygen atoms in total. The first-order valence-corrected chi connectivity index (χ1v) is 7.42. The van der Waals surface area contributed by atoms with E-state index in [0.29, 0.717) is 0 Å². The van der Waals surface area contributed by atoms with Gasteiger partial charge in [0, 0.05) is 12.5 Å². The molecule has 0 unspecified atom stereocenters. The van der Waals surface area contributed by atoms with Crippen molar-refractivity contribution in [1.82, 2.24) is 4.72 Å². The van der Waals surface area contributed by atoms with Gasteiger partial charge in [0.2, 0.25) is 10.0 Å². The highest BCUT2D eigenvalue weighted by molar-refractivity contribution is 7.89. The largest absolute Gasteiger partial charge is 0.550 e. The first kappa shape index (κ1) is 17.4. The fourth-order valence-electron chi connectivity index (χ4n) is 1.57. The number of hydrogen-bond donors (Lipinski definition) is 1. The summed E-state index contributed by atoms with van der Waals surface area (Å²) in [6, 6.07) is 6.92. The monoisotopic (exact) mass is 324 g/mol. The third kappa shape index (κ3) is 5.72. The molecular weight excluding hydrogens is 311 g/mol. The van der Waals surface area contributed by atoms with Gasteiger partial charge in [0.1, 0.15) is 0 Å². The van der Waals surface area contributed by atoms with Gasteiger partial charge in [-0.2, -0.15) is 13.2 Å². The average molecular weight is 324 g/mol. The Morgan fingerprint density at radius 2 is 1.81 bits per heavy atom. The molecule has 9 heteroatoms. The van der Waals surface area contributed by atoms with Crippen LogP contribution < -0.4 is 9.83 Å². The van der Waals surface area contributed by atoms with E-state index in [1.165, 1.54) is 24.3 Å². The maximum absolute atomic E-state index is 12.7. The molecule has 0 saturated carbocycles. The van der Waals surface area contributed by atoms with Crippen molar-refractivity contribution in [3.8, 4) is 0 Å². The van der Waals surface area contributed by atoms with E-state index < -0.39 is 47.5 Å². The quantitative estimate of drug-likeness (QED) is 0.799. The number of carbonyl (C=O) groups is 1. The van der Waals surface area contributed by atoms with Crippen molar-refractivity contribution in [2.45, 2.75) is 23.9 Å². The summed E-state index contributed by atoms with van der Waals surface area (Å²) in [5.74, 6) is -3.70. The Morgan fingerprint density at radius 3 is 2.29 bits per heavy atom. The highest BCUT2D eigenvalue weighted by Crippen LogP contribution is 2.29. The van der Waals surface area contributed by atoms with Crippen LogP contribution in [0.2, 0.25) is 0 Å². The molecule has 0 bridgehead atoms. The van der Waals surface area contributed by atoms with Gasteiger partial charge in [-0.25, -0.2) is 13.1 Å². The molecule has 0 heterocycles. The van der Waals surface area contributed by atoms with Crippen molar-refractivity contribution in [1.29, 1.82) is 0 Å². The minimum absolute atomic E-state index is 0.161. The van der Waals surface area contributed by atoms with Gasteiger partial charge in [-0.1, -0.05) is 18.2 Å². The number of benzene rings is 1. The molecule has 0 aliphatic carbocycles. The van der Waals surface area contributed by atoms with E-state index in [-0.39, 0.29) is 4.90 Å². The van der Waals surface area contributed by atoms with Crippen LogP contribution >= 0.6 is 0 Å². The van der Waals surface area contributed by atoms with E-state index >= 15 is 0 Å². The standard InChI is InChI=1S/C12H14F3NO4S/c13-12(14,15)9(6-7-11(17)18)8-16-21(19,20)10-4-2-1-3-5-10/h1-5,9,16H,6-8H2,(H,17,18)/p-1/t9-/m0/s1. The SMILES string of the molecule is O=C([O-])CC[C@@H](CNS(=O)(=O)c1ccccc1)C(F)(F)F. The van der Waals surface area contributed by atoms with E-state index in [1.54, 1.807) is 6.07 Å². The molecule has 1 N–H and O–H groups in total. The summed E-state index contributed by atoms with van der Waals surface area (Å²) in [7, 11) is -4.07. The molecule has 0 radical (unpaired) electrons. The number of nitrogens with one attached hydrogen (secondary N) is 1. The second-order valence-corrected chi connectivity index (χ2v) is 6.08. The molecule has 118 valence electrons. The van der Waals surface area contributed by atoms with Crippen LogP contribution in [0.5, 0.6) is 0 Å². The van der Waals surface area contributed by atoms with E-state index in [0.717, 1.165) is 0 Å². The molecule has 1 aromatic rings. The highest BCUT2D eigenvalue weighted by Gasteiger charge is 2.39. The Labute approximate surface area is 119 Å². The molecule has 1 atom stereocenters. The van der Waals surface area contributed by atoms with E-state index in [9.17, 15) is 31.5 Å². The predicted octanol–water partition coefficient (Wildman–Crippen LogP) is 0.674. The van der Waals surface area contributed by atoms with E-state index in [4.69, 9.17) is 0 Å². The van der Waals surface area contributed by atoms with Gasteiger partial charge in [-0.3, -0.25) is 0 Å². The zero-order chi connectivity index (χ0) is 16.1. The van der Waals surface area contributed by atoms with Crippen LogP contribution in [0.25, 0.3) is 0 Å². The van der Waals surface area contributed by atoms with Crippen molar-refractivity contribution in [3.63, 3.8) is 0 Å². The minimum atomic E-state index is -4.70. The predicted molar refractivity (Wildman–Crippen MR) is 65.4 cm³/mol. The van der Waals surface area contributed by atoms with Gasteiger partial charge in [-0.15, -0.1) is 0 Å². The lowest BCUT2D eigenvalue weighted by Gasteiger charge is -2.20. The van der Waals surface area contributed by atoms with Crippen molar-refractivity contribution in [2.75, 3.05) is 6.54 Å². The van der Waals surface area contributed by atoms with Crippen molar-refractivity contribution in [2.24, 2.45) is 5.92 Å². The van der Waals surface area contributed by atoms with Crippen LogP contribution in [-0.2, 0) is 14.8 Å². The van der Waals surface area contributed by atoms with E-state index in [1.807, 2.05) is 4.72 Å². The van der Waals surface area contributed by atoms with Gasteiger partial charge >= 0.3 is 6.18 Å². The smallest absolute Gasteiger partial charge is 0.393 e. The Morgan fingerprint density at radius 1 is 1.24 bits per heavy atom. The lowest BCUT2D eigenvalue weighted by Crippen LogP contribution is -2.37. The summed E-state index contributed by atoms with van der Waals surface area (Å²) in [6.45, 7) is -0.923. The van der Waals surface area contributed by atoms with Gasteiger partial charge in [-0.05, 0) is 25.0 Å². The maximum atomic E-state index is 12.7. The Kier molecular flexibility index (Phi) is 5.73. The van der Waals surface area contributed by atoms with Gasteiger partial charge < -0.3 is 9.90 Å². The second-order valence-electron chi connectivity index (χ2n) is 4.31. The Bertz CT molecular complexity index is 572. The average Bonchev–Trinajstić information content (AvgIpc) is 2.37. The van der Waals surface area contributed by atoms with E-state index in [2.05, 4.69) is 0 Å². The lowest BCUT2D eigenvalue weighted by atomic mass is 10.0. The van der Waals surface area contributed by atoms with Crippen LogP contribution in [-0.4, -0.2) is 27.1 Å². The van der Waals surface area contributed by atoms with Crippen molar-refractivity contribution in [3.05, 3.63) is 30.3 Å². The number of aliphatic carboxylic acids is 1. The molecule has 1 aromatic carbocycles. The summed E-state index contributed by atoms with van der Waals surface area (Å²) >= 11 is 0. The maximum Gasteiger partial charge on any atom is 0.393 e. The number of halogens is 3. The van der Waals surface area contributed by atoms with Gasteiger partial charge in [0.05, 0.1) is 10.8 Å². The summed E-state index contributed by atoms with van der Waals surface area (Å²) in [6.07, 6.45) is -6.24. The first-order valence-electron chi connectivity index (χ1n) is 5.94. The molecule has 0 fully saturated rings. The summed E-state index contributed by atoms with van der Waals surface area (Å²) in [5, 5.41) is 10.2. The Hall–Kier alpha value is -1.61. The second kappa shape index (κ2) is 6.90. The number of sulfonamides is 1. The number of carbonyl (C=O) groups excluding carboxylic acids is 1. The summed E-state index contributed by atoms with van der Waals surface area (Å²) < 4.78 is 63.5. The molecular formula is C12H13F3NO4S-. The Balaban J connectivity index is 2.75. The molecule has 0 spiro atoms. The highest BCUT2D eigenvalue weighted by atomic mass is 32.2. The molecule has 0 amide bonds.